The van der Waals surface area contributed by atoms with Crippen LogP contribution in [0.3, 0.4) is 0 Å². The van der Waals surface area contributed by atoms with Crippen LogP contribution in [0, 0.1) is 6.92 Å². The third-order valence-corrected chi connectivity index (χ3v) is 4.62. The number of carbonyl (C=O) groups excluding carboxylic acids is 1. The van der Waals surface area contributed by atoms with Gasteiger partial charge in [-0.3, -0.25) is 9.69 Å². The van der Waals surface area contributed by atoms with Gasteiger partial charge in [0.15, 0.2) is 0 Å². The Morgan fingerprint density at radius 2 is 2.00 bits per heavy atom. The SMILES string of the molecule is CCN1Cc2ccccc2C[C@H]1C(=O)Nc1c(C)cnn1CC. The van der Waals surface area contributed by atoms with Crippen molar-refractivity contribution < 1.29 is 4.79 Å². The van der Waals surface area contributed by atoms with Gasteiger partial charge >= 0.3 is 0 Å². The van der Waals surface area contributed by atoms with E-state index in [1.165, 1.54) is 11.1 Å². The van der Waals surface area contributed by atoms with Crippen molar-refractivity contribution in [3.63, 3.8) is 0 Å². The molecule has 0 radical (unpaired) electrons. The maximum Gasteiger partial charge on any atom is 0.243 e. The van der Waals surface area contributed by atoms with Gasteiger partial charge in [0.2, 0.25) is 5.91 Å². The zero-order valence-electron chi connectivity index (χ0n) is 14.0. The molecule has 0 fully saturated rings. The molecule has 1 aromatic carbocycles. The topological polar surface area (TPSA) is 50.2 Å². The summed E-state index contributed by atoms with van der Waals surface area (Å²) in [5, 5.41) is 7.39. The van der Waals surface area contributed by atoms with Gasteiger partial charge in [-0.15, -0.1) is 0 Å². The van der Waals surface area contributed by atoms with Crippen molar-refractivity contribution in [3.05, 3.63) is 47.2 Å². The van der Waals surface area contributed by atoms with Gasteiger partial charge in [-0.2, -0.15) is 5.10 Å². The number of benzene rings is 1. The summed E-state index contributed by atoms with van der Waals surface area (Å²) >= 11 is 0. The van der Waals surface area contributed by atoms with Crippen molar-refractivity contribution >= 4 is 11.7 Å². The zero-order chi connectivity index (χ0) is 16.4. The molecule has 5 nitrogen and oxygen atoms in total. The van der Waals surface area contributed by atoms with Crippen molar-refractivity contribution in [1.29, 1.82) is 0 Å². The highest BCUT2D eigenvalue weighted by atomic mass is 16.2. The van der Waals surface area contributed by atoms with Crippen LogP contribution in [-0.4, -0.2) is 33.2 Å². The van der Waals surface area contributed by atoms with Crippen LogP contribution >= 0.6 is 0 Å². The lowest BCUT2D eigenvalue weighted by atomic mass is 9.93. The second-order valence-corrected chi connectivity index (χ2v) is 6.03. The van der Waals surface area contributed by atoms with Crippen molar-refractivity contribution in [2.75, 3.05) is 11.9 Å². The molecule has 122 valence electrons. The summed E-state index contributed by atoms with van der Waals surface area (Å²) < 4.78 is 1.83. The summed E-state index contributed by atoms with van der Waals surface area (Å²) in [4.78, 5) is 15.1. The highest BCUT2D eigenvalue weighted by Gasteiger charge is 2.31. The fraction of sp³-hybridized carbons (Fsp3) is 0.444. The number of fused-ring (bicyclic) bond motifs is 1. The lowest BCUT2D eigenvalue weighted by molar-refractivity contribution is -0.121. The summed E-state index contributed by atoms with van der Waals surface area (Å²) in [6.07, 6.45) is 2.56. The number of rotatable bonds is 4. The average Bonchev–Trinajstić information content (AvgIpc) is 2.93. The van der Waals surface area contributed by atoms with Gasteiger partial charge in [-0.25, -0.2) is 4.68 Å². The quantitative estimate of drug-likeness (QED) is 0.944. The third-order valence-electron chi connectivity index (χ3n) is 4.62. The number of likely N-dealkylation sites (N-methyl/N-ethyl adjacent to an activating group) is 1. The largest absolute Gasteiger partial charge is 0.309 e. The van der Waals surface area contributed by atoms with Crippen LogP contribution in [0.15, 0.2) is 30.5 Å². The van der Waals surface area contributed by atoms with Crippen LogP contribution < -0.4 is 5.32 Å². The summed E-state index contributed by atoms with van der Waals surface area (Å²) in [6.45, 7) is 8.54. The molecule has 0 unspecified atom stereocenters. The van der Waals surface area contributed by atoms with Gasteiger partial charge in [0.1, 0.15) is 5.82 Å². The fourth-order valence-corrected chi connectivity index (χ4v) is 3.25. The highest BCUT2D eigenvalue weighted by Crippen LogP contribution is 2.24. The minimum atomic E-state index is -0.130. The normalized spacial score (nSPS) is 17.8. The second kappa shape index (κ2) is 6.54. The molecule has 0 bridgehead atoms. The Labute approximate surface area is 137 Å². The number of aromatic nitrogens is 2. The maximum atomic E-state index is 12.9. The molecule has 1 aliphatic rings. The number of hydrogen-bond acceptors (Lipinski definition) is 3. The molecule has 2 aromatic rings. The Hall–Kier alpha value is -2.14. The Morgan fingerprint density at radius 3 is 2.70 bits per heavy atom. The second-order valence-electron chi connectivity index (χ2n) is 6.03. The zero-order valence-corrected chi connectivity index (χ0v) is 14.0. The smallest absolute Gasteiger partial charge is 0.243 e. The van der Waals surface area contributed by atoms with Crippen molar-refractivity contribution in [1.82, 2.24) is 14.7 Å². The van der Waals surface area contributed by atoms with Crippen LogP contribution in [0.2, 0.25) is 0 Å². The summed E-state index contributed by atoms with van der Waals surface area (Å²) in [5.41, 5.74) is 3.60. The van der Waals surface area contributed by atoms with E-state index in [1.807, 2.05) is 24.6 Å². The van der Waals surface area contributed by atoms with E-state index in [9.17, 15) is 4.79 Å². The van der Waals surface area contributed by atoms with Gasteiger partial charge in [0.05, 0.1) is 12.2 Å². The first-order chi connectivity index (χ1) is 11.1. The number of carbonyl (C=O) groups is 1. The van der Waals surface area contributed by atoms with E-state index in [-0.39, 0.29) is 11.9 Å². The summed E-state index contributed by atoms with van der Waals surface area (Å²) in [7, 11) is 0. The van der Waals surface area contributed by atoms with Crippen LogP contribution in [0.5, 0.6) is 0 Å². The van der Waals surface area contributed by atoms with E-state index in [0.717, 1.165) is 37.4 Å². The van der Waals surface area contributed by atoms with E-state index in [0.29, 0.717) is 0 Å². The first-order valence-electron chi connectivity index (χ1n) is 8.28. The molecule has 0 spiro atoms. The minimum Gasteiger partial charge on any atom is -0.309 e. The van der Waals surface area contributed by atoms with Crippen molar-refractivity contribution in [2.45, 2.75) is 46.3 Å². The van der Waals surface area contributed by atoms with E-state index in [2.05, 4.69) is 40.4 Å². The monoisotopic (exact) mass is 312 g/mol. The molecule has 1 aromatic heterocycles. The Morgan fingerprint density at radius 1 is 1.26 bits per heavy atom. The van der Waals surface area contributed by atoms with Gasteiger partial charge in [-0.05, 0) is 37.9 Å². The number of anilines is 1. The number of aryl methyl sites for hydroxylation is 2. The number of nitrogens with one attached hydrogen (secondary N) is 1. The van der Waals surface area contributed by atoms with Gasteiger partial charge < -0.3 is 5.32 Å². The van der Waals surface area contributed by atoms with Crippen LogP contribution in [0.1, 0.15) is 30.5 Å². The number of hydrogen-bond donors (Lipinski definition) is 1. The molecule has 0 saturated carbocycles. The molecular formula is C18H24N4O. The first-order valence-corrected chi connectivity index (χ1v) is 8.28. The Bertz CT molecular complexity index is 707. The highest BCUT2D eigenvalue weighted by molar-refractivity contribution is 5.95. The Kier molecular flexibility index (Phi) is 4.48. The van der Waals surface area contributed by atoms with Crippen LogP contribution in [-0.2, 0) is 24.3 Å². The molecule has 1 aliphatic heterocycles. The molecule has 1 atom stereocenters. The predicted octanol–water partition coefficient (Wildman–Crippen LogP) is 2.60. The lowest BCUT2D eigenvalue weighted by Crippen LogP contribution is -2.48. The molecule has 0 saturated heterocycles. The number of nitrogens with zero attached hydrogens (tertiary/aromatic N) is 3. The lowest BCUT2D eigenvalue weighted by Gasteiger charge is -2.35. The molecule has 1 amide bonds. The van der Waals surface area contributed by atoms with Crippen molar-refractivity contribution in [3.8, 4) is 0 Å². The summed E-state index contributed by atoms with van der Waals surface area (Å²) in [6, 6.07) is 8.27. The molecular weight excluding hydrogens is 288 g/mol. The van der Waals surface area contributed by atoms with Gasteiger partial charge in [0.25, 0.3) is 0 Å². The molecule has 5 heteroatoms. The van der Waals surface area contributed by atoms with E-state index in [4.69, 9.17) is 0 Å². The third kappa shape index (κ3) is 3.01. The first kappa shape index (κ1) is 15.7. The summed E-state index contributed by atoms with van der Waals surface area (Å²) in [5.74, 6) is 0.868. The minimum absolute atomic E-state index is 0.0552. The molecule has 2 heterocycles. The van der Waals surface area contributed by atoms with Gasteiger partial charge in [0, 0.05) is 18.7 Å². The molecule has 23 heavy (non-hydrogen) atoms. The fourth-order valence-electron chi connectivity index (χ4n) is 3.25. The van der Waals surface area contributed by atoms with E-state index < -0.39 is 0 Å². The average molecular weight is 312 g/mol. The van der Waals surface area contributed by atoms with Crippen molar-refractivity contribution in [2.24, 2.45) is 0 Å². The molecule has 3 rings (SSSR count). The Balaban J connectivity index is 1.82. The molecule has 1 N–H and O–H groups in total. The predicted molar refractivity (Wildman–Crippen MR) is 91.3 cm³/mol. The number of amides is 1. The molecule has 0 aliphatic carbocycles. The van der Waals surface area contributed by atoms with Crippen LogP contribution in [0.4, 0.5) is 5.82 Å². The van der Waals surface area contributed by atoms with E-state index in [1.54, 1.807) is 6.20 Å². The van der Waals surface area contributed by atoms with E-state index >= 15 is 0 Å². The van der Waals surface area contributed by atoms with Gasteiger partial charge in [-0.1, -0.05) is 31.2 Å². The van der Waals surface area contributed by atoms with Crippen LogP contribution in [0.25, 0.3) is 0 Å². The standard InChI is InChI=1S/C18H24N4O/c1-4-21-12-15-9-7-6-8-14(15)10-16(21)18(23)20-17-13(3)11-19-22(17)5-2/h6-9,11,16H,4-5,10,12H2,1-3H3,(H,20,23)/t16-/m0/s1. The maximum absolute atomic E-state index is 12.9.